The summed E-state index contributed by atoms with van der Waals surface area (Å²) in [7, 11) is 3.27. The fourth-order valence-electron chi connectivity index (χ4n) is 3.27. The summed E-state index contributed by atoms with van der Waals surface area (Å²) < 4.78 is 9.63. The number of cyclic esters (lactones) is 4. The fraction of sp³-hybridized carbons (Fsp3) is 0.125. The summed E-state index contributed by atoms with van der Waals surface area (Å²) in [5.41, 5.74) is 1.56. The highest BCUT2D eigenvalue weighted by Gasteiger charge is 2.38. The highest BCUT2D eigenvalue weighted by molar-refractivity contribution is 6.58. The lowest BCUT2D eigenvalue weighted by molar-refractivity contribution is 0.0367. The number of ether oxygens (including phenoxy) is 2. The van der Waals surface area contributed by atoms with Crippen molar-refractivity contribution in [1.82, 2.24) is 0 Å². The maximum Gasteiger partial charge on any atom is 0.346 e. The summed E-state index contributed by atoms with van der Waals surface area (Å²) in [6.45, 7) is 3.39. The highest BCUT2D eigenvalue weighted by Crippen LogP contribution is 2.34. The molecule has 0 fully saturated rings. The van der Waals surface area contributed by atoms with Crippen molar-refractivity contribution < 1.29 is 28.7 Å². The molecule has 4 rings (SSSR count). The minimum absolute atomic E-state index is 0.156. The van der Waals surface area contributed by atoms with E-state index in [1.807, 2.05) is 0 Å². The maximum absolute atomic E-state index is 12.2. The van der Waals surface area contributed by atoms with Gasteiger partial charge in [-0.05, 0) is 0 Å². The van der Waals surface area contributed by atoms with E-state index < -0.39 is 23.9 Å². The first kappa shape index (κ1) is 14.7. The van der Waals surface area contributed by atoms with Crippen LogP contribution in [0.2, 0.25) is 13.6 Å². The zero-order valence-electron chi connectivity index (χ0n) is 12.8. The highest BCUT2D eigenvalue weighted by atomic mass is 16.6. The number of carbonyl (C=O) groups excluding carboxylic acids is 4. The molecule has 0 bridgehead atoms. The SMILES string of the molecule is C[B]c1cc2c3c(c([B]C)cc4c3c1C(=O)OC4=O)C(=O)OC2=O. The average Bonchev–Trinajstić information content (AvgIpc) is 2.56. The smallest absolute Gasteiger partial charge is 0.346 e. The first-order valence-corrected chi connectivity index (χ1v) is 7.27. The second-order valence-electron chi connectivity index (χ2n) is 5.46. The molecule has 2 radical (unpaired) electrons. The standard InChI is InChI=1S/C16H8B2O6/c1-17-7-3-5-10-9-6(14(20)23-15(21)11(7)9)4-8(18-2)12(10)16(22)24-13(5)19/h3-4H,1-2H3. The number of carbonyl (C=O) groups is 4. The van der Waals surface area contributed by atoms with Crippen LogP contribution in [0.1, 0.15) is 41.4 Å². The summed E-state index contributed by atoms with van der Waals surface area (Å²) >= 11 is 0. The molecule has 2 aromatic rings. The number of benzene rings is 2. The molecule has 0 aliphatic carbocycles. The van der Waals surface area contributed by atoms with Gasteiger partial charge < -0.3 is 9.47 Å². The molecular formula is C16H8B2O6. The molecule has 0 unspecified atom stereocenters. The van der Waals surface area contributed by atoms with Gasteiger partial charge in [0, 0.05) is 10.8 Å². The van der Waals surface area contributed by atoms with Crippen molar-refractivity contribution in [3.05, 3.63) is 34.4 Å². The zero-order chi connectivity index (χ0) is 17.2. The molecule has 0 atom stereocenters. The van der Waals surface area contributed by atoms with Crippen molar-refractivity contribution in [3.8, 4) is 0 Å². The number of rotatable bonds is 2. The molecule has 0 aromatic heterocycles. The molecular weight excluding hydrogens is 310 g/mol. The van der Waals surface area contributed by atoms with Gasteiger partial charge in [-0.2, -0.15) is 0 Å². The summed E-state index contributed by atoms with van der Waals surface area (Å²) in [5.74, 6) is -3.18. The van der Waals surface area contributed by atoms with Gasteiger partial charge >= 0.3 is 23.9 Å². The van der Waals surface area contributed by atoms with Crippen molar-refractivity contribution in [1.29, 1.82) is 0 Å². The van der Waals surface area contributed by atoms with Gasteiger partial charge in [0.15, 0.2) is 0 Å². The maximum atomic E-state index is 12.2. The van der Waals surface area contributed by atoms with E-state index in [0.717, 1.165) is 0 Å². The molecule has 0 spiro atoms. The molecule has 24 heavy (non-hydrogen) atoms. The molecule has 2 aromatic carbocycles. The molecule has 2 heterocycles. The first-order chi connectivity index (χ1) is 11.5. The topological polar surface area (TPSA) is 86.7 Å². The van der Waals surface area contributed by atoms with Crippen LogP contribution in [0.4, 0.5) is 0 Å². The lowest BCUT2D eigenvalue weighted by atomic mass is 9.65. The van der Waals surface area contributed by atoms with Crippen LogP contribution in [-0.4, -0.2) is 38.4 Å². The molecule has 0 saturated carbocycles. The Morgan fingerprint density at radius 1 is 0.667 bits per heavy atom. The Labute approximate surface area is 137 Å². The summed E-state index contributed by atoms with van der Waals surface area (Å²) in [5, 5.41) is 0.542. The van der Waals surface area contributed by atoms with Gasteiger partial charge in [0.2, 0.25) is 0 Å². The van der Waals surface area contributed by atoms with E-state index in [-0.39, 0.29) is 33.0 Å². The van der Waals surface area contributed by atoms with Crippen LogP contribution in [0.15, 0.2) is 12.1 Å². The molecule has 8 heteroatoms. The largest absolute Gasteiger partial charge is 0.386 e. The van der Waals surface area contributed by atoms with Crippen molar-refractivity contribution >= 4 is 60.1 Å². The van der Waals surface area contributed by atoms with E-state index in [9.17, 15) is 19.2 Å². The quantitative estimate of drug-likeness (QED) is 0.447. The molecule has 0 amide bonds. The van der Waals surface area contributed by atoms with E-state index in [1.54, 1.807) is 28.2 Å². The summed E-state index contributed by atoms with van der Waals surface area (Å²) in [6, 6.07) is 2.96. The fourth-order valence-corrected chi connectivity index (χ4v) is 3.27. The second-order valence-corrected chi connectivity index (χ2v) is 5.46. The second kappa shape index (κ2) is 4.80. The van der Waals surface area contributed by atoms with E-state index >= 15 is 0 Å². The van der Waals surface area contributed by atoms with Gasteiger partial charge in [0.05, 0.1) is 22.3 Å². The van der Waals surface area contributed by atoms with Crippen molar-refractivity contribution in [2.75, 3.05) is 0 Å². The predicted octanol–water partition coefficient (Wildman–Crippen LogP) is 0.216. The van der Waals surface area contributed by atoms with Gasteiger partial charge in [-0.1, -0.05) is 36.7 Å². The number of hydrogen-bond acceptors (Lipinski definition) is 6. The Balaban J connectivity index is 2.33. The van der Waals surface area contributed by atoms with Crippen LogP contribution in [0.25, 0.3) is 10.8 Å². The van der Waals surface area contributed by atoms with Crippen LogP contribution in [-0.2, 0) is 9.47 Å². The van der Waals surface area contributed by atoms with Gasteiger partial charge in [-0.25, -0.2) is 19.2 Å². The molecule has 0 N–H and O–H groups in total. The minimum Gasteiger partial charge on any atom is -0.386 e. The van der Waals surface area contributed by atoms with Crippen LogP contribution in [0.5, 0.6) is 0 Å². The van der Waals surface area contributed by atoms with Crippen molar-refractivity contribution in [3.63, 3.8) is 0 Å². The van der Waals surface area contributed by atoms with Crippen molar-refractivity contribution in [2.45, 2.75) is 13.6 Å². The summed E-state index contributed by atoms with van der Waals surface area (Å²) in [4.78, 5) is 48.8. The Kier molecular flexibility index (Phi) is 2.94. The third kappa shape index (κ3) is 1.68. The lowest BCUT2D eigenvalue weighted by Crippen LogP contribution is -2.36. The Morgan fingerprint density at radius 3 is 1.38 bits per heavy atom. The molecule has 2 aliphatic heterocycles. The van der Waals surface area contributed by atoms with E-state index in [4.69, 9.17) is 9.47 Å². The number of hydrogen-bond donors (Lipinski definition) is 0. The van der Waals surface area contributed by atoms with Crippen LogP contribution < -0.4 is 10.9 Å². The predicted molar refractivity (Wildman–Crippen MR) is 85.9 cm³/mol. The van der Waals surface area contributed by atoms with Crippen LogP contribution in [0, 0.1) is 0 Å². The summed E-state index contributed by atoms with van der Waals surface area (Å²) in [6.07, 6.45) is 0. The van der Waals surface area contributed by atoms with E-state index in [2.05, 4.69) is 0 Å². The Bertz CT molecular complexity index is 927. The van der Waals surface area contributed by atoms with E-state index in [0.29, 0.717) is 10.9 Å². The third-order valence-corrected chi connectivity index (χ3v) is 4.31. The molecule has 2 aliphatic rings. The van der Waals surface area contributed by atoms with E-state index in [1.165, 1.54) is 12.1 Å². The molecule has 6 nitrogen and oxygen atoms in total. The zero-order valence-corrected chi connectivity index (χ0v) is 12.8. The van der Waals surface area contributed by atoms with Gasteiger partial charge in [-0.15, -0.1) is 0 Å². The van der Waals surface area contributed by atoms with Gasteiger partial charge in [-0.3, -0.25) is 0 Å². The van der Waals surface area contributed by atoms with Crippen LogP contribution >= 0.6 is 0 Å². The minimum atomic E-state index is -0.798. The Morgan fingerprint density at radius 2 is 1.04 bits per heavy atom. The molecule has 0 saturated heterocycles. The Hall–Kier alpha value is -2.89. The normalized spacial score (nSPS) is 15.2. The number of esters is 4. The van der Waals surface area contributed by atoms with Crippen LogP contribution in [0.3, 0.4) is 0 Å². The first-order valence-electron chi connectivity index (χ1n) is 7.27. The average molecular weight is 318 g/mol. The van der Waals surface area contributed by atoms with Gasteiger partial charge in [0.25, 0.3) is 0 Å². The van der Waals surface area contributed by atoms with Gasteiger partial charge in [0.1, 0.15) is 14.6 Å². The third-order valence-electron chi connectivity index (χ3n) is 4.31. The monoisotopic (exact) mass is 318 g/mol. The van der Waals surface area contributed by atoms with Crippen molar-refractivity contribution in [2.24, 2.45) is 0 Å². The lowest BCUT2D eigenvalue weighted by Gasteiger charge is -2.25. The molecule has 114 valence electrons.